The van der Waals surface area contributed by atoms with E-state index in [0.29, 0.717) is 5.13 Å². The van der Waals surface area contributed by atoms with Crippen LogP contribution >= 0.6 is 11.3 Å². The van der Waals surface area contributed by atoms with E-state index in [-0.39, 0.29) is 12.3 Å². The summed E-state index contributed by atoms with van der Waals surface area (Å²) >= 11 is 1.40. The Hall–Kier alpha value is -2.73. The van der Waals surface area contributed by atoms with Crippen LogP contribution in [0.15, 0.2) is 47.1 Å². The lowest BCUT2D eigenvalue weighted by molar-refractivity contribution is -0.115. The third-order valence-corrected chi connectivity index (χ3v) is 4.89. The highest BCUT2D eigenvalue weighted by Gasteiger charge is 2.14. The second-order valence-corrected chi connectivity index (χ2v) is 6.56. The molecule has 2 aromatic carbocycles. The third kappa shape index (κ3) is 2.65. The molecule has 0 saturated heterocycles. The zero-order chi connectivity index (χ0) is 16.5. The predicted molar refractivity (Wildman–Crippen MR) is 95.3 cm³/mol. The normalized spacial score (nSPS) is 11.2. The summed E-state index contributed by atoms with van der Waals surface area (Å²) in [7, 11) is 0. The molecule has 1 amide bonds. The van der Waals surface area contributed by atoms with Gasteiger partial charge in [-0.1, -0.05) is 48.6 Å². The highest BCUT2D eigenvalue weighted by Crippen LogP contribution is 2.30. The fourth-order valence-electron chi connectivity index (χ4n) is 2.79. The monoisotopic (exact) mass is 337 g/mol. The molecule has 0 fully saturated rings. The van der Waals surface area contributed by atoms with Crippen molar-refractivity contribution in [1.29, 1.82) is 0 Å². The molecule has 0 bridgehead atoms. The molecule has 0 aliphatic rings. The average molecular weight is 337 g/mol. The van der Waals surface area contributed by atoms with Crippen molar-refractivity contribution in [2.75, 3.05) is 5.32 Å². The van der Waals surface area contributed by atoms with E-state index < -0.39 is 0 Å². The van der Waals surface area contributed by atoms with Crippen LogP contribution in [0.1, 0.15) is 17.5 Å². The van der Waals surface area contributed by atoms with E-state index in [0.717, 1.165) is 38.7 Å². The van der Waals surface area contributed by atoms with Gasteiger partial charge in [0, 0.05) is 10.9 Å². The Morgan fingerprint density at radius 2 is 2.08 bits per heavy atom. The lowest BCUT2D eigenvalue weighted by Crippen LogP contribution is -2.14. The number of aryl methyl sites for hydroxylation is 1. The zero-order valence-electron chi connectivity index (χ0n) is 13.1. The summed E-state index contributed by atoms with van der Waals surface area (Å²) in [5.41, 5.74) is 1.67. The van der Waals surface area contributed by atoms with Gasteiger partial charge in [-0.3, -0.25) is 4.79 Å². The maximum absolute atomic E-state index is 12.3. The highest BCUT2D eigenvalue weighted by atomic mass is 32.1. The minimum absolute atomic E-state index is 0.121. The second kappa shape index (κ2) is 6.05. The van der Waals surface area contributed by atoms with Crippen molar-refractivity contribution in [1.82, 2.24) is 10.2 Å². The Morgan fingerprint density at radius 3 is 2.92 bits per heavy atom. The van der Waals surface area contributed by atoms with Crippen LogP contribution in [0.5, 0.6) is 0 Å². The number of hydrogen-bond donors (Lipinski definition) is 1. The van der Waals surface area contributed by atoms with Crippen molar-refractivity contribution in [3.8, 4) is 0 Å². The topological polar surface area (TPSA) is 68.0 Å². The summed E-state index contributed by atoms with van der Waals surface area (Å²) in [6.45, 7) is 2.01. The van der Waals surface area contributed by atoms with Crippen LogP contribution in [-0.2, 0) is 17.6 Å². The standard InChI is InChI=1S/C18H15N3O2S/c1-2-16-20-21-18(24-16)19-15(22)9-12-10-23-14-8-7-11-5-3-4-6-13(11)17(12)14/h3-8,10H,2,9H2,1H3,(H,19,21,22). The molecule has 4 rings (SSSR count). The molecular formula is C18H15N3O2S. The Bertz CT molecular complexity index is 1040. The van der Waals surface area contributed by atoms with Crippen molar-refractivity contribution in [2.45, 2.75) is 19.8 Å². The highest BCUT2D eigenvalue weighted by molar-refractivity contribution is 7.15. The SMILES string of the molecule is CCc1nnc(NC(=O)Cc2coc3ccc4ccccc4c23)s1. The molecule has 0 atom stereocenters. The largest absolute Gasteiger partial charge is 0.464 e. The molecule has 4 aromatic rings. The van der Waals surface area contributed by atoms with Crippen LogP contribution < -0.4 is 5.32 Å². The number of anilines is 1. The quantitative estimate of drug-likeness (QED) is 0.606. The summed E-state index contributed by atoms with van der Waals surface area (Å²) in [5, 5.41) is 15.5. The maximum Gasteiger partial charge on any atom is 0.230 e. The second-order valence-electron chi connectivity index (χ2n) is 5.50. The van der Waals surface area contributed by atoms with Crippen molar-refractivity contribution in [3.05, 3.63) is 53.2 Å². The van der Waals surface area contributed by atoms with Gasteiger partial charge < -0.3 is 9.73 Å². The van der Waals surface area contributed by atoms with Gasteiger partial charge in [0.15, 0.2) is 0 Å². The van der Waals surface area contributed by atoms with E-state index >= 15 is 0 Å². The summed E-state index contributed by atoms with van der Waals surface area (Å²) in [6.07, 6.45) is 2.71. The van der Waals surface area contributed by atoms with E-state index in [1.807, 2.05) is 37.3 Å². The third-order valence-electron chi connectivity index (χ3n) is 3.91. The summed E-state index contributed by atoms with van der Waals surface area (Å²) in [6, 6.07) is 12.1. The Balaban J connectivity index is 1.64. The molecule has 2 heterocycles. The molecule has 0 unspecified atom stereocenters. The molecule has 0 radical (unpaired) electrons. The van der Waals surface area contributed by atoms with E-state index in [1.54, 1.807) is 6.26 Å². The Kier molecular flexibility index (Phi) is 3.74. The fraction of sp³-hybridized carbons (Fsp3) is 0.167. The van der Waals surface area contributed by atoms with Gasteiger partial charge in [-0.25, -0.2) is 0 Å². The molecule has 24 heavy (non-hydrogen) atoms. The number of hydrogen-bond acceptors (Lipinski definition) is 5. The first-order chi connectivity index (χ1) is 11.7. The van der Waals surface area contributed by atoms with E-state index in [1.165, 1.54) is 11.3 Å². The number of fused-ring (bicyclic) bond motifs is 3. The lowest BCUT2D eigenvalue weighted by atomic mass is 10.0. The predicted octanol–water partition coefficient (Wildman–Crippen LogP) is 4.18. The van der Waals surface area contributed by atoms with E-state index in [2.05, 4.69) is 21.6 Å². The molecule has 2 aromatic heterocycles. The minimum atomic E-state index is -0.121. The van der Waals surface area contributed by atoms with Gasteiger partial charge in [0.2, 0.25) is 11.0 Å². The summed E-state index contributed by atoms with van der Waals surface area (Å²) in [5.74, 6) is -0.121. The Morgan fingerprint density at radius 1 is 1.21 bits per heavy atom. The Labute approximate surface area is 142 Å². The molecule has 0 spiro atoms. The van der Waals surface area contributed by atoms with Crippen LogP contribution in [0.3, 0.4) is 0 Å². The molecule has 0 aliphatic heterocycles. The first kappa shape index (κ1) is 14.8. The van der Waals surface area contributed by atoms with Gasteiger partial charge >= 0.3 is 0 Å². The van der Waals surface area contributed by atoms with Crippen LogP contribution in [0, 0.1) is 0 Å². The van der Waals surface area contributed by atoms with Gasteiger partial charge in [-0.2, -0.15) is 0 Å². The minimum Gasteiger partial charge on any atom is -0.464 e. The number of carbonyl (C=O) groups excluding carboxylic acids is 1. The number of nitrogens with one attached hydrogen (secondary N) is 1. The first-order valence-corrected chi connectivity index (χ1v) is 8.56. The summed E-state index contributed by atoms with van der Waals surface area (Å²) in [4.78, 5) is 12.3. The van der Waals surface area contributed by atoms with Crippen molar-refractivity contribution >= 4 is 44.1 Å². The number of aromatic nitrogens is 2. The fourth-order valence-corrected chi connectivity index (χ4v) is 3.48. The molecule has 0 aliphatic carbocycles. The van der Waals surface area contributed by atoms with Gasteiger partial charge in [0.05, 0.1) is 12.7 Å². The van der Waals surface area contributed by atoms with Gasteiger partial charge in [-0.15, -0.1) is 10.2 Å². The van der Waals surface area contributed by atoms with E-state index in [9.17, 15) is 4.79 Å². The van der Waals surface area contributed by atoms with Crippen LogP contribution in [0.2, 0.25) is 0 Å². The van der Waals surface area contributed by atoms with Crippen LogP contribution in [0.25, 0.3) is 21.7 Å². The number of benzene rings is 2. The molecule has 0 saturated carbocycles. The average Bonchev–Trinajstić information content (AvgIpc) is 3.22. The van der Waals surface area contributed by atoms with E-state index in [4.69, 9.17) is 4.42 Å². The van der Waals surface area contributed by atoms with Gasteiger partial charge in [-0.05, 0) is 23.3 Å². The van der Waals surface area contributed by atoms with Gasteiger partial charge in [0.1, 0.15) is 10.6 Å². The smallest absolute Gasteiger partial charge is 0.230 e. The van der Waals surface area contributed by atoms with Crippen LogP contribution in [0.4, 0.5) is 5.13 Å². The van der Waals surface area contributed by atoms with Crippen molar-refractivity contribution in [3.63, 3.8) is 0 Å². The maximum atomic E-state index is 12.3. The van der Waals surface area contributed by atoms with Crippen molar-refractivity contribution in [2.24, 2.45) is 0 Å². The molecule has 6 heteroatoms. The lowest BCUT2D eigenvalue weighted by Gasteiger charge is -2.02. The number of furan rings is 1. The van der Waals surface area contributed by atoms with Crippen LogP contribution in [-0.4, -0.2) is 16.1 Å². The molecule has 5 nitrogen and oxygen atoms in total. The number of amides is 1. The molecule has 1 N–H and O–H groups in total. The number of nitrogens with zero attached hydrogens (tertiary/aromatic N) is 2. The number of rotatable bonds is 4. The van der Waals surface area contributed by atoms with Crippen molar-refractivity contribution < 1.29 is 9.21 Å². The zero-order valence-corrected chi connectivity index (χ0v) is 13.9. The summed E-state index contributed by atoms with van der Waals surface area (Å²) < 4.78 is 5.62. The van der Waals surface area contributed by atoms with Gasteiger partial charge in [0.25, 0.3) is 0 Å². The molecular weight excluding hydrogens is 322 g/mol. The first-order valence-electron chi connectivity index (χ1n) is 7.74. The molecule has 120 valence electrons. The number of carbonyl (C=O) groups is 1.